The fourth-order valence-electron chi connectivity index (χ4n) is 10.0. The van der Waals surface area contributed by atoms with Crippen LogP contribution in [0.3, 0.4) is 0 Å². The molecule has 0 heterocycles. The van der Waals surface area contributed by atoms with Crippen LogP contribution in [0.4, 0.5) is 0 Å². The lowest BCUT2D eigenvalue weighted by atomic mass is 9.35. The van der Waals surface area contributed by atoms with Crippen LogP contribution in [0, 0.1) is 44.8 Å². The first-order valence-corrected chi connectivity index (χ1v) is 14.5. The van der Waals surface area contributed by atoms with Gasteiger partial charge in [0.25, 0.3) is 0 Å². The van der Waals surface area contributed by atoms with E-state index >= 15 is 0 Å². The average Bonchev–Trinajstić information content (AvgIpc) is 2.84. The summed E-state index contributed by atoms with van der Waals surface area (Å²) in [5.41, 5.74) is -0.716. The van der Waals surface area contributed by atoms with Crippen molar-refractivity contribution in [3.63, 3.8) is 0 Å². The van der Waals surface area contributed by atoms with Crippen LogP contribution in [-0.2, 0) is 9.53 Å². The lowest BCUT2D eigenvalue weighted by molar-refractivity contribution is -0.201. The van der Waals surface area contributed by atoms with E-state index < -0.39 is 11.7 Å². The van der Waals surface area contributed by atoms with E-state index in [4.69, 9.17) is 4.74 Å². The van der Waals surface area contributed by atoms with Crippen molar-refractivity contribution in [3.05, 3.63) is 11.6 Å². The summed E-state index contributed by atoms with van der Waals surface area (Å²) in [4.78, 5) is 12.3. The number of hydrogen-bond acceptors (Lipinski definition) is 6. The standard InChI is InChI=1S/C31H52O6/c1-26(18-32)16-21-20-8-9-22-28(3,12-11-25(35)37-7)23(31(6,36)19-33)10-13-30(22,5)29(20,4)15-14-27(21,2)24(34)17-26/h8,21-24,32-34,36H,9-19H2,1-7H3/t21-,22+,23+,24+,26+,27+,28+,29+,30+,31+/m0/s1. The van der Waals surface area contributed by atoms with Crippen LogP contribution < -0.4 is 0 Å². The van der Waals surface area contributed by atoms with Crippen LogP contribution >= 0.6 is 0 Å². The molecule has 37 heavy (non-hydrogen) atoms. The molecule has 3 fully saturated rings. The van der Waals surface area contributed by atoms with Gasteiger partial charge in [-0.2, -0.15) is 0 Å². The van der Waals surface area contributed by atoms with Crippen LogP contribution in [0.15, 0.2) is 11.6 Å². The maximum atomic E-state index is 12.3. The van der Waals surface area contributed by atoms with Gasteiger partial charge in [0.15, 0.2) is 0 Å². The number of carbonyl (C=O) groups excluding carboxylic acids is 1. The molecule has 4 aliphatic carbocycles. The molecular weight excluding hydrogens is 468 g/mol. The average molecular weight is 521 g/mol. The number of methoxy groups -OCH3 is 1. The SMILES string of the molecule is COC(=O)CC[C@@]1(C)[C@H]([C@](C)(O)CO)CC[C@]2(C)[C@@H]1CC=C1[C@@H]3C[C@@](C)(CO)C[C@@H](O)[C@]3(C)CC[C@]12C. The zero-order valence-electron chi connectivity index (χ0n) is 24.3. The molecule has 3 saturated carbocycles. The lowest BCUT2D eigenvalue weighted by Crippen LogP contribution is -2.64. The highest BCUT2D eigenvalue weighted by Gasteiger charge is 2.67. The molecular formula is C31H52O6. The summed E-state index contributed by atoms with van der Waals surface area (Å²) >= 11 is 0. The van der Waals surface area contributed by atoms with Crippen LogP contribution in [0.2, 0.25) is 0 Å². The van der Waals surface area contributed by atoms with Crippen molar-refractivity contribution < 1.29 is 30.0 Å². The predicted molar refractivity (Wildman–Crippen MR) is 143 cm³/mol. The number of esters is 1. The third-order valence-corrected chi connectivity index (χ3v) is 12.8. The smallest absolute Gasteiger partial charge is 0.305 e. The van der Waals surface area contributed by atoms with Gasteiger partial charge in [-0.15, -0.1) is 0 Å². The molecule has 0 spiro atoms. The van der Waals surface area contributed by atoms with E-state index in [1.54, 1.807) is 6.92 Å². The Morgan fingerprint density at radius 3 is 2.38 bits per heavy atom. The minimum absolute atomic E-state index is 0.0522. The second kappa shape index (κ2) is 9.31. The van der Waals surface area contributed by atoms with Gasteiger partial charge in [-0.25, -0.2) is 0 Å². The first-order chi connectivity index (χ1) is 17.1. The summed E-state index contributed by atoms with van der Waals surface area (Å²) in [6, 6.07) is 0. The van der Waals surface area contributed by atoms with Gasteiger partial charge < -0.3 is 25.2 Å². The van der Waals surface area contributed by atoms with Gasteiger partial charge in [-0.3, -0.25) is 4.79 Å². The minimum Gasteiger partial charge on any atom is -0.469 e. The van der Waals surface area contributed by atoms with E-state index in [1.807, 2.05) is 0 Å². The van der Waals surface area contributed by atoms with Gasteiger partial charge in [0.05, 0.1) is 25.4 Å². The second-order valence-electron chi connectivity index (χ2n) is 14.8. The highest BCUT2D eigenvalue weighted by molar-refractivity contribution is 5.69. The first kappa shape index (κ1) is 29.0. The molecule has 212 valence electrons. The number of hydrogen-bond donors (Lipinski definition) is 4. The summed E-state index contributed by atoms with van der Waals surface area (Å²) in [6.07, 6.45) is 9.00. The van der Waals surface area contributed by atoms with Crippen molar-refractivity contribution in [2.45, 2.75) is 111 Å². The maximum absolute atomic E-state index is 12.3. The van der Waals surface area contributed by atoms with Crippen LogP contribution in [0.5, 0.6) is 0 Å². The number of aliphatic hydroxyl groups is 4. The molecule has 0 saturated heterocycles. The molecule has 6 nitrogen and oxygen atoms in total. The molecule has 0 radical (unpaired) electrons. The van der Waals surface area contributed by atoms with Crippen molar-refractivity contribution in [3.8, 4) is 0 Å². The van der Waals surface area contributed by atoms with E-state index in [-0.39, 0.29) is 64.0 Å². The molecule has 0 amide bonds. The number of fused-ring (bicyclic) bond motifs is 5. The highest BCUT2D eigenvalue weighted by Crippen LogP contribution is 2.74. The molecule has 4 rings (SSSR count). The number of carbonyl (C=O) groups is 1. The monoisotopic (exact) mass is 520 g/mol. The van der Waals surface area contributed by atoms with Crippen molar-refractivity contribution in [1.29, 1.82) is 0 Å². The highest BCUT2D eigenvalue weighted by atomic mass is 16.5. The zero-order valence-corrected chi connectivity index (χ0v) is 24.3. The van der Waals surface area contributed by atoms with Gasteiger partial charge in [-0.05, 0) is 97.7 Å². The van der Waals surface area contributed by atoms with Gasteiger partial charge in [0.2, 0.25) is 0 Å². The Morgan fingerprint density at radius 2 is 1.78 bits per heavy atom. The molecule has 0 aromatic rings. The molecule has 4 aliphatic rings. The number of ether oxygens (including phenoxy) is 1. The number of rotatable bonds is 6. The van der Waals surface area contributed by atoms with E-state index in [9.17, 15) is 25.2 Å². The Balaban J connectivity index is 1.80. The Bertz CT molecular complexity index is 929. The largest absolute Gasteiger partial charge is 0.469 e. The van der Waals surface area contributed by atoms with Gasteiger partial charge in [-0.1, -0.05) is 46.3 Å². The summed E-state index contributed by atoms with van der Waals surface area (Å²) < 4.78 is 5.00. The van der Waals surface area contributed by atoms with Gasteiger partial charge in [0, 0.05) is 18.4 Å². The van der Waals surface area contributed by atoms with Gasteiger partial charge >= 0.3 is 5.97 Å². The van der Waals surface area contributed by atoms with Crippen molar-refractivity contribution in [2.24, 2.45) is 44.8 Å². The Labute approximate surface area is 223 Å². The molecule has 0 aliphatic heterocycles. The van der Waals surface area contributed by atoms with Crippen LogP contribution in [0.1, 0.15) is 99.3 Å². The van der Waals surface area contributed by atoms with Crippen molar-refractivity contribution >= 4 is 5.97 Å². The van der Waals surface area contributed by atoms with Crippen molar-refractivity contribution in [1.82, 2.24) is 0 Å². The molecule has 4 N–H and O–H groups in total. The Morgan fingerprint density at radius 1 is 1.11 bits per heavy atom. The fraction of sp³-hybridized carbons (Fsp3) is 0.903. The quantitative estimate of drug-likeness (QED) is 0.301. The summed E-state index contributed by atoms with van der Waals surface area (Å²) in [5, 5.41) is 43.1. The number of allylic oxidation sites excluding steroid dienone is 2. The molecule has 0 unspecified atom stereocenters. The number of aliphatic hydroxyl groups excluding tert-OH is 3. The molecule has 0 aromatic heterocycles. The predicted octanol–water partition coefficient (Wildman–Crippen LogP) is 4.63. The fourth-order valence-corrected chi connectivity index (χ4v) is 10.0. The summed E-state index contributed by atoms with van der Waals surface area (Å²) in [5.74, 6) is 0.0955. The second-order valence-corrected chi connectivity index (χ2v) is 14.8. The van der Waals surface area contributed by atoms with E-state index in [0.717, 1.165) is 38.5 Å². The third kappa shape index (κ3) is 4.15. The normalized spacial score (nSPS) is 49.1. The Hall–Kier alpha value is -0.950. The van der Waals surface area contributed by atoms with E-state index in [1.165, 1.54) is 12.7 Å². The molecule has 6 heteroatoms. The van der Waals surface area contributed by atoms with E-state index in [0.29, 0.717) is 19.3 Å². The molecule has 10 atom stereocenters. The third-order valence-electron chi connectivity index (χ3n) is 12.8. The van der Waals surface area contributed by atoms with Crippen molar-refractivity contribution in [2.75, 3.05) is 20.3 Å². The Kier molecular flexibility index (Phi) is 7.31. The van der Waals surface area contributed by atoms with E-state index in [2.05, 4.69) is 40.7 Å². The summed E-state index contributed by atoms with van der Waals surface area (Å²) in [6.45, 7) is 13.0. The minimum atomic E-state index is -1.22. The maximum Gasteiger partial charge on any atom is 0.305 e. The van der Waals surface area contributed by atoms with Crippen LogP contribution in [-0.4, -0.2) is 58.4 Å². The lowest BCUT2D eigenvalue weighted by Gasteiger charge is -2.70. The topological polar surface area (TPSA) is 107 Å². The zero-order chi connectivity index (χ0) is 27.7. The van der Waals surface area contributed by atoms with Crippen LogP contribution in [0.25, 0.3) is 0 Å². The summed E-state index contributed by atoms with van der Waals surface area (Å²) in [7, 11) is 1.42. The molecule has 0 bridgehead atoms. The first-order valence-electron chi connectivity index (χ1n) is 14.5. The van der Waals surface area contributed by atoms with Gasteiger partial charge in [0.1, 0.15) is 0 Å². The molecule has 0 aromatic carbocycles.